The highest BCUT2D eigenvalue weighted by molar-refractivity contribution is 8.02. The Morgan fingerprint density at radius 3 is 1.70 bits per heavy atom. The normalized spacial score (nSPS) is 10.7. The van der Waals surface area contributed by atoms with E-state index in [1.54, 1.807) is 34.8 Å². The molecule has 7 heteroatoms. The zero-order chi connectivity index (χ0) is 15.8. The summed E-state index contributed by atoms with van der Waals surface area (Å²) in [6.45, 7) is 0. The van der Waals surface area contributed by atoms with Crippen LogP contribution < -0.4 is 0 Å². The number of rotatable bonds is 2. The summed E-state index contributed by atoms with van der Waals surface area (Å²) >= 11 is 4.62. The van der Waals surface area contributed by atoms with Crippen molar-refractivity contribution >= 4 is 54.9 Å². The van der Waals surface area contributed by atoms with Crippen LogP contribution in [0.1, 0.15) is 11.1 Å². The number of aromatic nitrogens is 2. The summed E-state index contributed by atoms with van der Waals surface area (Å²) in [5.41, 5.74) is 3.07. The maximum atomic E-state index is 8.96. The maximum Gasteiger partial charge on any atom is 0.158 e. The average molecular weight is 350 g/mol. The Morgan fingerprint density at radius 1 is 0.783 bits per heavy atom. The zero-order valence-electron chi connectivity index (χ0n) is 11.5. The van der Waals surface area contributed by atoms with Gasteiger partial charge < -0.3 is 0 Å². The van der Waals surface area contributed by atoms with Gasteiger partial charge in [0.25, 0.3) is 0 Å². The first-order valence-electron chi connectivity index (χ1n) is 6.54. The number of hydrogen-bond acceptors (Lipinski definition) is 7. The molecule has 0 spiro atoms. The van der Waals surface area contributed by atoms with E-state index in [1.807, 2.05) is 24.3 Å². The Morgan fingerprint density at radius 2 is 1.26 bits per heavy atom. The van der Waals surface area contributed by atoms with Crippen molar-refractivity contribution in [3.63, 3.8) is 0 Å². The lowest BCUT2D eigenvalue weighted by Crippen LogP contribution is -1.73. The summed E-state index contributed by atoms with van der Waals surface area (Å²) in [5.74, 6) is 0. The molecule has 0 N–H and O–H groups in total. The Hall–Kier alpha value is -2.45. The molecule has 4 nitrogen and oxygen atoms in total. The fraction of sp³-hybridized carbons (Fsp3) is 0. The van der Waals surface area contributed by atoms with E-state index >= 15 is 0 Å². The van der Waals surface area contributed by atoms with Gasteiger partial charge in [-0.05, 0) is 48.2 Å². The summed E-state index contributed by atoms with van der Waals surface area (Å²) in [7, 11) is 0. The van der Waals surface area contributed by atoms with Crippen LogP contribution in [-0.2, 0) is 0 Å². The van der Waals surface area contributed by atoms with Crippen LogP contribution in [0.4, 0.5) is 0 Å². The summed E-state index contributed by atoms with van der Waals surface area (Å²) in [4.78, 5) is 9.15. The van der Waals surface area contributed by atoms with Crippen molar-refractivity contribution < 1.29 is 0 Å². The first kappa shape index (κ1) is 14.2. The van der Waals surface area contributed by atoms with Crippen molar-refractivity contribution in [3.05, 3.63) is 47.5 Å². The van der Waals surface area contributed by atoms with Crippen LogP contribution in [0.25, 0.3) is 20.4 Å². The van der Waals surface area contributed by atoms with Gasteiger partial charge in [0.05, 0.1) is 43.7 Å². The molecule has 0 aliphatic heterocycles. The number of hydrogen-bond donors (Lipinski definition) is 0. The van der Waals surface area contributed by atoms with E-state index in [1.165, 1.54) is 11.8 Å². The lowest BCUT2D eigenvalue weighted by molar-refractivity contribution is 1.26. The van der Waals surface area contributed by atoms with Gasteiger partial charge in [-0.1, -0.05) is 0 Å². The Labute approximate surface area is 143 Å². The van der Waals surface area contributed by atoms with Crippen LogP contribution in [-0.4, -0.2) is 9.97 Å². The van der Waals surface area contributed by atoms with Crippen molar-refractivity contribution in [1.82, 2.24) is 9.97 Å². The van der Waals surface area contributed by atoms with Crippen LogP contribution in [0.5, 0.6) is 0 Å². The molecule has 2 aromatic heterocycles. The van der Waals surface area contributed by atoms with Gasteiger partial charge in [0, 0.05) is 0 Å². The van der Waals surface area contributed by atoms with Crippen molar-refractivity contribution in [3.8, 4) is 12.1 Å². The summed E-state index contributed by atoms with van der Waals surface area (Å²) in [6, 6.07) is 15.3. The number of fused-ring (bicyclic) bond motifs is 2. The molecule has 2 heterocycles. The Balaban J connectivity index is 1.70. The second-order valence-electron chi connectivity index (χ2n) is 4.65. The first-order chi connectivity index (χ1) is 11.2. The summed E-state index contributed by atoms with van der Waals surface area (Å²) in [6.07, 6.45) is 0. The van der Waals surface area contributed by atoms with E-state index in [0.29, 0.717) is 11.1 Å². The predicted octanol–water partition coefficient (Wildman–Crippen LogP) is 4.80. The van der Waals surface area contributed by atoms with E-state index < -0.39 is 0 Å². The van der Waals surface area contributed by atoms with Gasteiger partial charge in [-0.15, -0.1) is 22.7 Å². The van der Waals surface area contributed by atoms with Gasteiger partial charge in [0.2, 0.25) is 0 Å². The summed E-state index contributed by atoms with van der Waals surface area (Å²) < 4.78 is 3.79. The Bertz CT molecular complexity index is 1040. The second kappa shape index (κ2) is 5.64. The van der Waals surface area contributed by atoms with Crippen molar-refractivity contribution in [2.45, 2.75) is 8.68 Å². The molecule has 108 valence electrons. The molecule has 23 heavy (non-hydrogen) atoms. The molecule has 0 unspecified atom stereocenters. The van der Waals surface area contributed by atoms with E-state index in [4.69, 9.17) is 10.5 Å². The fourth-order valence-electron chi connectivity index (χ4n) is 2.11. The van der Waals surface area contributed by atoms with E-state index in [2.05, 4.69) is 22.1 Å². The minimum absolute atomic E-state index is 0.640. The largest absolute Gasteiger partial charge is 0.229 e. The monoisotopic (exact) mass is 350 g/mol. The fourth-order valence-corrected chi connectivity index (χ4v) is 5.52. The molecule has 0 radical (unpaired) electrons. The van der Waals surface area contributed by atoms with Crippen molar-refractivity contribution in [1.29, 1.82) is 10.5 Å². The maximum absolute atomic E-state index is 8.96. The SMILES string of the molecule is N#Cc1ccc2nc(Sc3nc4ccc(C#N)cc4s3)sc2c1. The standard InChI is InChI=1S/C16H6N4S3/c17-7-9-1-3-11-13(5-9)21-15(19-11)23-16-20-12-4-2-10(8-18)6-14(12)22-16/h1-6H. The first-order valence-corrected chi connectivity index (χ1v) is 8.99. The molecule has 0 fully saturated rings. The number of nitrogens with zero attached hydrogens (tertiary/aromatic N) is 4. The van der Waals surface area contributed by atoms with Gasteiger partial charge in [0.15, 0.2) is 8.68 Å². The molecule has 0 saturated carbocycles. The molecule has 0 aliphatic carbocycles. The molecule has 0 bridgehead atoms. The summed E-state index contributed by atoms with van der Waals surface area (Å²) in [5, 5.41) is 17.9. The highest BCUT2D eigenvalue weighted by Crippen LogP contribution is 2.38. The zero-order valence-corrected chi connectivity index (χ0v) is 13.9. The van der Waals surface area contributed by atoms with Crippen LogP contribution in [0.2, 0.25) is 0 Å². The van der Waals surface area contributed by atoms with Crippen LogP contribution in [0.15, 0.2) is 45.1 Å². The second-order valence-corrected chi connectivity index (χ2v) is 8.21. The molecular weight excluding hydrogens is 344 g/mol. The van der Waals surface area contributed by atoms with Gasteiger partial charge in [0.1, 0.15) is 0 Å². The number of thiazole rings is 2. The van der Waals surface area contributed by atoms with Gasteiger partial charge in [-0.3, -0.25) is 0 Å². The minimum Gasteiger partial charge on any atom is -0.229 e. The predicted molar refractivity (Wildman–Crippen MR) is 92.8 cm³/mol. The van der Waals surface area contributed by atoms with Crippen molar-refractivity contribution in [2.24, 2.45) is 0 Å². The molecule has 0 atom stereocenters. The molecule has 0 amide bonds. The molecule has 0 saturated heterocycles. The number of nitriles is 2. The van der Waals surface area contributed by atoms with E-state index in [0.717, 1.165) is 29.1 Å². The third-order valence-corrected chi connectivity index (χ3v) is 6.33. The lowest BCUT2D eigenvalue weighted by Gasteiger charge is -1.87. The molecule has 4 rings (SSSR count). The van der Waals surface area contributed by atoms with Crippen LogP contribution in [0, 0.1) is 22.7 Å². The topological polar surface area (TPSA) is 73.4 Å². The Kier molecular flexibility index (Phi) is 3.47. The highest BCUT2D eigenvalue weighted by atomic mass is 32.2. The van der Waals surface area contributed by atoms with Crippen LogP contribution >= 0.6 is 34.4 Å². The van der Waals surface area contributed by atoms with E-state index in [-0.39, 0.29) is 0 Å². The van der Waals surface area contributed by atoms with Crippen LogP contribution in [0.3, 0.4) is 0 Å². The third kappa shape index (κ3) is 2.66. The van der Waals surface area contributed by atoms with Crippen molar-refractivity contribution in [2.75, 3.05) is 0 Å². The minimum atomic E-state index is 0.640. The quantitative estimate of drug-likeness (QED) is 0.519. The van der Waals surface area contributed by atoms with Gasteiger partial charge >= 0.3 is 0 Å². The van der Waals surface area contributed by atoms with Gasteiger partial charge in [-0.2, -0.15) is 10.5 Å². The van der Waals surface area contributed by atoms with E-state index in [9.17, 15) is 0 Å². The molecule has 0 aliphatic rings. The molecule has 4 aromatic rings. The van der Waals surface area contributed by atoms with Gasteiger partial charge in [-0.25, -0.2) is 9.97 Å². The number of benzene rings is 2. The lowest BCUT2D eigenvalue weighted by atomic mass is 10.2. The third-order valence-electron chi connectivity index (χ3n) is 3.17. The smallest absolute Gasteiger partial charge is 0.158 e. The molecular formula is C16H6N4S3. The average Bonchev–Trinajstić information content (AvgIpc) is 3.15. The molecule has 2 aromatic carbocycles. The highest BCUT2D eigenvalue weighted by Gasteiger charge is 2.10.